The second-order valence-corrected chi connectivity index (χ2v) is 19.7. The molecule has 3 fully saturated rings. The van der Waals surface area contributed by atoms with E-state index in [9.17, 15) is 0 Å². The van der Waals surface area contributed by atoms with Crippen molar-refractivity contribution in [1.82, 2.24) is 5.32 Å². The Morgan fingerprint density at radius 3 is 2.42 bits per heavy atom. The van der Waals surface area contributed by atoms with Crippen molar-refractivity contribution < 1.29 is 0 Å². The number of nitrogens with one attached hydrogen (secondary N) is 1. The van der Waals surface area contributed by atoms with E-state index in [2.05, 4.69) is 87.3 Å². The third kappa shape index (κ3) is 9.18. The Bertz CT molecular complexity index is 1400. The molecule has 0 spiro atoms. The van der Waals surface area contributed by atoms with Gasteiger partial charge in [0.25, 0.3) is 0 Å². The highest BCUT2D eigenvalue weighted by molar-refractivity contribution is 5.28. The highest BCUT2D eigenvalue weighted by Crippen LogP contribution is 2.56. The van der Waals surface area contributed by atoms with Crippen LogP contribution in [0.15, 0.2) is 78.1 Å². The molecule has 1 nitrogen and oxygen atoms in total. The van der Waals surface area contributed by atoms with Crippen molar-refractivity contribution in [3.05, 3.63) is 83.6 Å². The van der Waals surface area contributed by atoms with Gasteiger partial charge in [-0.15, -0.1) is 6.58 Å². The Kier molecular flexibility index (Phi) is 13.9. The Balaban J connectivity index is 1.05. The van der Waals surface area contributed by atoms with Gasteiger partial charge in [0.2, 0.25) is 0 Å². The van der Waals surface area contributed by atoms with Crippen molar-refractivity contribution in [3.63, 3.8) is 0 Å². The predicted octanol–water partition coefficient (Wildman–Crippen LogP) is 14.9. The average Bonchev–Trinajstić information content (AvgIpc) is 3.22. The molecule has 53 heavy (non-hydrogen) atoms. The molecule has 11 unspecified atom stereocenters. The Morgan fingerprint density at radius 2 is 1.64 bits per heavy atom. The topological polar surface area (TPSA) is 12.0 Å². The Hall–Kier alpha value is -2.02. The molecular formula is C52H79N. The lowest BCUT2D eigenvalue weighted by Crippen LogP contribution is -2.43. The average molecular weight is 718 g/mol. The van der Waals surface area contributed by atoms with Gasteiger partial charge in [-0.1, -0.05) is 119 Å². The van der Waals surface area contributed by atoms with Gasteiger partial charge in [0.05, 0.1) is 0 Å². The molecule has 1 aromatic carbocycles. The van der Waals surface area contributed by atoms with Crippen LogP contribution >= 0.6 is 0 Å². The molecule has 0 radical (unpaired) electrons. The molecule has 1 heteroatoms. The molecule has 6 aliphatic carbocycles. The van der Waals surface area contributed by atoms with E-state index in [0.29, 0.717) is 5.41 Å². The number of benzene rings is 1. The van der Waals surface area contributed by atoms with Crippen LogP contribution in [0, 0.1) is 58.7 Å². The summed E-state index contributed by atoms with van der Waals surface area (Å²) in [6.07, 6.45) is 41.8. The maximum absolute atomic E-state index is 4.12. The minimum absolute atomic E-state index is 0.423. The zero-order valence-corrected chi connectivity index (χ0v) is 34.6. The van der Waals surface area contributed by atoms with E-state index in [1.54, 1.807) is 5.56 Å². The van der Waals surface area contributed by atoms with E-state index in [1.165, 1.54) is 160 Å². The summed E-state index contributed by atoms with van der Waals surface area (Å²) < 4.78 is 0. The third-order valence-electron chi connectivity index (χ3n) is 17.0. The van der Waals surface area contributed by atoms with Gasteiger partial charge in [-0.2, -0.15) is 0 Å². The molecule has 3 saturated carbocycles. The Morgan fingerprint density at radius 1 is 0.830 bits per heavy atom. The van der Waals surface area contributed by atoms with Crippen molar-refractivity contribution in [2.75, 3.05) is 6.54 Å². The molecule has 0 aromatic heterocycles. The molecule has 292 valence electrons. The van der Waals surface area contributed by atoms with Crippen molar-refractivity contribution in [2.24, 2.45) is 58.7 Å². The number of hydrogen-bond acceptors (Lipinski definition) is 1. The fourth-order valence-electron chi connectivity index (χ4n) is 13.9. The predicted molar refractivity (Wildman–Crippen MR) is 229 cm³/mol. The third-order valence-corrected chi connectivity index (χ3v) is 17.0. The maximum Gasteiger partial charge on any atom is 0.0296 e. The van der Waals surface area contributed by atoms with E-state index in [1.807, 2.05) is 11.1 Å². The minimum atomic E-state index is 0.423. The standard InChI is InChI=1S/C52H79N/c1-5-7-35-52(4,6-2)51-34-33-46(49-27-16-17-28-50(49)51)42(37-53-43-23-12-9-13-24-43)30-29-38(3)44-31-32-45(48-26-15-14-25-47(44)48)41-22-18-21-40(36-41)39-19-10-8-11-20-39/h5,8,10-12,19-20,23-24,38,40-42,44-48,51,53H,1,6-7,9,13-18,21-22,25-37H2,2-4H3. The van der Waals surface area contributed by atoms with Gasteiger partial charge in [-0.3, -0.25) is 0 Å². The highest BCUT2D eigenvalue weighted by atomic mass is 14.9. The number of rotatable bonds is 15. The van der Waals surface area contributed by atoms with Gasteiger partial charge in [0.15, 0.2) is 0 Å². The summed E-state index contributed by atoms with van der Waals surface area (Å²) >= 11 is 0. The first kappa shape index (κ1) is 39.2. The molecule has 0 heterocycles. The number of fused-ring (bicyclic) bond motifs is 1. The zero-order valence-electron chi connectivity index (χ0n) is 34.6. The van der Waals surface area contributed by atoms with Gasteiger partial charge < -0.3 is 5.32 Å². The monoisotopic (exact) mass is 718 g/mol. The fraction of sp³-hybridized carbons (Fsp3) is 0.731. The van der Waals surface area contributed by atoms with Gasteiger partial charge in [-0.05, 0) is 185 Å². The summed E-state index contributed by atoms with van der Waals surface area (Å²) in [7, 11) is 0. The van der Waals surface area contributed by atoms with Crippen molar-refractivity contribution in [1.29, 1.82) is 0 Å². The van der Waals surface area contributed by atoms with E-state index in [4.69, 9.17) is 0 Å². The van der Waals surface area contributed by atoms with Crippen molar-refractivity contribution in [2.45, 2.75) is 174 Å². The van der Waals surface area contributed by atoms with E-state index in [0.717, 1.165) is 59.2 Å². The smallest absolute Gasteiger partial charge is 0.0296 e. The SMILES string of the molecule is C=CCCC(C)(CC)C1CCC(C(CCC(C)C2CCC(C3CCCC(c4ccccc4)C3)C3CCCCC23)CNC2=CCCC=C2)C2=C1CCCC2. The molecule has 1 N–H and O–H groups in total. The first-order chi connectivity index (χ1) is 26.0. The summed E-state index contributed by atoms with van der Waals surface area (Å²) in [6, 6.07) is 11.6. The van der Waals surface area contributed by atoms with Crippen LogP contribution in [0.5, 0.6) is 0 Å². The molecule has 0 bridgehead atoms. The largest absolute Gasteiger partial charge is 0.385 e. The van der Waals surface area contributed by atoms with Crippen LogP contribution in [0.2, 0.25) is 0 Å². The van der Waals surface area contributed by atoms with Crippen molar-refractivity contribution >= 4 is 0 Å². The summed E-state index contributed by atoms with van der Waals surface area (Å²) in [5.74, 6) is 8.92. The highest BCUT2D eigenvalue weighted by Gasteiger charge is 2.46. The van der Waals surface area contributed by atoms with E-state index < -0.39 is 0 Å². The van der Waals surface area contributed by atoms with E-state index >= 15 is 0 Å². The van der Waals surface area contributed by atoms with Gasteiger partial charge in [0, 0.05) is 12.2 Å². The zero-order chi connectivity index (χ0) is 36.6. The molecular weight excluding hydrogens is 639 g/mol. The maximum atomic E-state index is 4.12. The van der Waals surface area contributed by atoms with Gasteiger partial charge >= 0.3 is 0 Å². The lowest BCUT2D eigenvalue weighted by molar-refractivity contribution is -0.0123. The fourth-order valence-corrected chi connectivity index (χ4v) is 13.9. The van der Waals surface area contributed by atoms with E-state index in [-0.39, 0.29) is 0 Å². The number of allylic oxidation sites excluding steroid dienone is 6. The van der Waals surface area contributed by atoms with Crippen LogP contribution in [0.25, 0.3) is 0 Å². The molecule has 7 rings (SSSR count). The van der Waals surface area contributed by atoms with Crippen LogP contribution in [0.4, 0.5) is 0 Å². The van der Waals surface area contributed by atoms with Crippen LogP contribution < -0.4 is 5.32 Å². The number of hydrogen-bond donors (Lipinski definition) is 1. The molecule has 0 saturated heterocycles. The molecule has 0 amide bonds. The lowest BCUT2D eigenvalue weighted by atomic mass is 9.54. The summed E-state index contributed by atoms with van der Waals surface area (Å²) in [5.41, 5.74) is 7.33. The van der Waals surface area contributed by atoms with Crippen LogP contribution in [-0.2, 0) is 0 Å². The normalized spacial score (nSPS) is 34.2. The summed E-state index contributed by atoms with van der Waals surface area (Å²) in [4.78, 5) is 0. The second-order valence-electron chi connectivity index (χ2n) is 19.7. The van der Waals surface area contributed by atoms with Crippen LogP contribution in [-0.4, -0.2) is 6.54 Å². The summed E-state index contributed by atoms with van der Waals surface area (Å²) in [6.45, 7) is 13.1. The quantitative estimate of drug-likeness (QED) is 0.178. The van der Waals surface area contributed by atoms with Crippen molar-refractivity contribution in [3.8, 4) is 0 Å². The molecule has 0 aliphatic heterocycles. The molecule has 1 aromatic rings. The lowest BCUT2D eigenvalue weighted by Gasteiger charge is -2.51. The molecule has 6 aliphatic rings. The van der Waals surface area contributed by atoms with Gasteiger partial charge in [-0.25, -0.2) is 0 Å². The van der Waals surface area contributed by atoms with Gasteiger partial charge in [0.1, 0.15) is 0 Å². The summed E-state index contributed by atoms with van der Waals surface area (Å²) in [5, 5.41) is 4.04. The van der Waals surface area contributed by atoms with Crippen LogP contribution in [0.1, 0.15) is 180 Å². The Labute approximate surface area is 327 Å². The second kappa shape index (κ2) is 18.7. The first-order valence-corrected chi connectivity index (χ1v) is 23.5. The van der Waals surface area contributed by atoms with Crippen LogP contribution in [0.3, 0.4) is 0 Å². The minimum Gasteiger partial charge on any atom is -0.385 e. The first-order valence-electron chi connectivity index (χ1n) is 23.5. The molecule has 11 atom stereocenters.